The second-order valence-corrected chi connectivity index (χ2v) is 7.41. The third-order valence-corrected chi connectivity index (χ3v) is 5.11. The molecule has 4 rings (SSSR count). The minimum Gasteiger partial charge on any atom is -0.506 e. The molecule has 4 aromatic carbocycles. The molecule has 0 spiro atoms. The molecule has 0 radical (unpaired) electrons. The number of azo groups is 1. The first-order valence-electron chi connectivity index (χ1n) is 8.06. The van der Waals surface area contributed by atoms with E-state index < -0.39 is 10.1 Å². The molecular formula is C20H14N2NaO4S+. The fourth-order valence-corrected chi connectivity index (χ4v) is 3.46. The summed E-state index contributed by atoms with van der Waals surface area (Å²) in [7, 11) is -4.31. The van der Waals surface area contributed by atoms with E-state index in [-0.39, 0.29) is 45.9 Å². The van der Waals surface area contributed by atoms with E-state index in [0.717, 1.165) is 10.8 Å². The van der Waals surface area contributed by atoms with Crippen LogP contribution in [0.1, 0.15) is 0 Å². The summed E-state index contributed by atoms with van der Waals surface area (Å²) in [5.74, 6) is -0.0777. The summed E-state index contributed by atoms with van der Waals surface area (Å²) >= 11 is 0. The molecule has 0 saturated carbocycles. The molecule has 0 heterocycles. The Morgan fingerprint density at radius 3 is 2.29 bits per heavy atom. The van der Waals surface area contributed by atoms with E-state index in [1.165, 1.54) is 24.3 Å². The molecule has 0 aliphatic carbocycles. The number of rotatable bonds is 3. The van der Waals surface area contributed by atoms with Crippen molar-refractivity contribution < 1.29 is 47.6 Å². The molecule has 2 N–H and O–H groups in total. The Morgan fingerprint density at radius 2 is 1.50 bits per heavy atom. The van der Waals surface area contributed by atoms with Gasteiger partial charge < -0.3 is 5.11 Å². The Hall–Kier alpha value is -2.29. The van der Waals surface area contributed by atoms with Crippen molar-refractivity contribution in [2.24, 2.45) is 10.2 Å². The van der Waals surface area contributed by atoms with Crippen LogP contribution < -0.4 is 29.6 Å². The maximum atomic E-state index is 11.3. The van der Waals surface area contributed by atoms with Crippen molar-refractivity contribution in [1.82, 2.24) is 0 Å². The van der Waals surface area contributed by atoms with Gasteiger partial charge in [-0.25, -0.2) is 0 Å². The first kappa shape index (κ1) is 20.4. The quantitative estimate of drug-likeness (QED) is 0.313. The van der Waals surface area contributed by atoms with E-state index in [2.05, 4.69) is 10.2 Å². The number of hydrogen-bond donors (Lipinski definition) is 2. The van der Waals surface area contributed by atoms with Crippen LogP contribution in [0, 0.1) is 0 Å². The summed E-state index contributed by atoms with van der Waals surface area (Å²) in [6, 6.07) is 20.4. The maximum Gasteiger partial charge on any atom is 1.00 e. The van der Waals surface area contributed by atoms with E-state index >= 15 is 0 Å². The third-order valence-electron chi connectivity index (χ3n) is 4.26. The Morgan fingerprint density at radius 1 is 0.750 bits per heavy atom. The van der Waals surface area contributed by atoms with Gasteiger partial charge in [-0.15, -0.1) is 10.2 Å². The maximum absolute atomic E-state index is 11.3. The summed E-state index contributed by atoms with van der Waals surface area (Å²) in [5.41, 5.74) is 0.876. The molecule has 0 aliphatic heterocycles. The van der Waals surface area contributed by atoms with Crippen LogP contribution in [-0.4, -0.2) is 18.1 Å². The van der Waals surface area contributed by atoms with Crippen LogP contribution >= 0.6 is 0 Å². The fourth-order valence-electron chi connectivity index (χ4n) is 2.94. The van der Waals surface area contributed by atoms with Gasteiger partial charge in [0, 0.05) is 10.8 Å². The molecule has 28 heavy (non-hydrogen) atoms. The van der Waals surface area contributed by atoms with Crippen molar-refractivity contribution in [2.45, 2.75) is 4.90 Å². The van der Waals surface area contributed by atoms with Gasteiger partial charge in [0.15, 0.2) is 0 Å². The van der Waals surface area contributed by atoms with Gasteiger partial charge in [0.05, 0.1) is 10.6 Å². The summed E-state index contributed by atoms with van der Waals surface area (Å²) in [5, 5.41) is 21.7. The normalized spacial score (nSPS) is 11.8. The van der Waals surface area contributed by atoms with Crippen LogP contribution in [0.4, 0.5) is 11.4 Å². The monoisotopic (exact) mass is 401 g/mol. The number of aromatic hydroxyl groups is 1. The van der Waals surface area contributed by atoms with Crippen molar-refractivity contribution in [1.29, 1.82) is 0 Å². The summed E-state index contributed by atoms with van der Waals surface area (Å²) in [4.78, 5) is -0.224. The van der Waals surface area contributed by atoms with Gasteiger partial charge in [-0.2, -0.15) is 8.42 Å². The van der Waals surface area contributed by atoms with Crippen molar-refractivity contribution in [2.75, 3.05) is 0 Å². The van der Waals surface area contributed by atoms with Gasteiger partial charge in [0.2, 0.25) is 0 Å². The average Bonchev–Trinajstić information content (AvgIpc) is 2.66. The van der Waals surface area contributed by atoms with Crippen LogP contribution in [0.15, 0.2) is 87.9 Å². The van der Waals surface area contributed by atoms with Crippen LogP contribution in [0.3, 0.4) is 0 Å². The second kappa shape index (κ2) is 7.98. The van der Waals surface area contributed by atoms with Gasteiger partial charge in [-0.1, -0.05) is 48.5 Å². The van der Waals surface area contributed by atoms with E-state index in [4.69, 9.17) is 0 Å². The van der Waals surface area contributed by atoms with Crippen LogP contribution in [-0.2, 0) is 10.1 Å². The number of benzene rings is 4. The van der Waals surface area contributed by atoms with Gasteiger partial charge >= 0.3 is 29.6 Å². The molecule has 0 fully saturated rings. The zero-order valence-electron chi connectivity index (χ0n) is 14.9. The topological polar surface area (TPSA) is 99.3 Å². The molecule has 0 unspecified atom stereocenters. The number of phenols is 1. The summed E-state index contributed by atoms with van der Waals surface area (Å²) in [6.45, 7) is 0. The standard InChI is InChI=1S/C20H14N2O4S.Na/c23-19-11-8-14-12-15(27(24,25)26)9-10-17(14)20(19)22-21-18-7-3-5-13-4-1-2-6-16(13)18;/h1-12,23H,(H,24,25,26);/q;+1. The van der Waals surface area contributed by atoms with Crippen LogP contribution in [0.25, 0.3) is 21.5 Å². The van der Waals surface area contributed by atoms with Crippen molar-refractivity contribution >= 4 is 43.0 Å². The number of fused-ring (bicyclic) bond motifs is 2. The molecule has 0 aliphatic rings. The summed E-state index contributed by atoms with van der Waals surface area (Å²) in [6.07, 6.45) is 0. The average molecular weight is 401 g/mol. The summed E-state index contributed by atoms with van der Waals surface area (Å²) < 4.78 is 31.9. The zero-order valence-corrected chi connectivity index (χ0v) is 17.8. The van der Waals surface area contributed by atoms with E-state index in [1.54, 1.807) is 6.07 Å². The fraction of sp³-hybridized carbons (Fsp3) is 0. The van der Waals surface area contributed by atoms with Crippen LogP contribution in [0.2, 0.25) is 0 Å². The number of nitrogens with zero attached hydrogens (tertiary/aromatic N) is 2. The second-order valence-electron chi connectivity index (χ2n) is 5.99. The van der Waals surface area contributed by atoms with Crippen molar-refractivity contribution in [3.05, 3.63) is 72.8 Å². The molecular weight excluding hydrogens is 387 g/mol. The Balaban J connectivity index is 0.00000225. The molecule has 6 nitrogen and oxygen atoms in total. The molecule has 134 valence electrons. The largest absolute Gasteiger partial charge is 1.00 e. The molecule has 0 amide bonds. The molecule has 0 saturated heterocycles. The van der Waals surface area contributed by atoms with Crippen molar-refractivity contribution in [3.8, 4) is 5.75 Å². The van der Waals surface area contributed by atoms with Gasteiger partial charge in [-0.3, -0.25) is 4.55 Å². The molecule has 0 aromatic heterocycles. The number of hydrogen-bond acceptors (Lipinski definition) is 5. The molecule has 4 aromatic rings. The van der Waals surface area contributed by atoms with Gasteiger partial charge in [-0.05, 0) is 35.0 Å². The Kier molecular flexibility index (Phi) is 5.83. The predicted octanol–water partition coefficient (Wildman–Crippen LogP) is 2.36. The van der Waals surface area contributed by atoms with E-state index in [1.807, 2.05) is 42.5 Å². The number of phenolic OH excluding ortho intramolecular Hbond substituents is 1. The minimum absolute atomic E-state index is 0. The zero-order chi connectivity index (χ0) is 19.0. The smallest absolute Gasteiger partial charge is 0.506 e. The first-order chi connectivity index (χ1) is 12.9. The first-order valence-corrected chi connectivity index (χ1v) is 9.50. The third kappa shape index (κ3) is 3.94. The predicted molar refractivity (Wildman–Crippen MR) is 104 cm³/mol. The SMILES string of the molecule is O=S(=O)(O)c1ccc2c(N=Nc3cccc4ccccc34)c(O)ccc2c1.[Na+]. The van der Waals surface area contributed by atoms with E-state index in [9.17, 15) is 18.1 Å². The minimum atomic E-state index is -4.31. The molecule has 0 bridgehead atoms. The van der Waals surface area contributed by atoms with Gasteiger partial charge in [0.1, 0.15) is 11.4 Å². The Bertz CT molecular complexity index is 1320. The van der Waals surface area contributed by atoms with E-state index in [0.29, 0.717) is 16.5 Å². The van der Waals surface area contributed by atoms with Crippen molar-refractivity contribution in [3.63, 3.8) is 0 Å². The van der Waals surface area contributed by atoms with Gasteiger partial charge in [0.25, 0.3) is 10.1 Å². The molecule has 8 heteroatoms. The molecule has 0 atom stereocenters. The Labute approximate surface area is 183 Å². The van der Waals surface area contributed by atoms with Crippen LogP contribution in [0.5, 0.6) is 5.75 Å².